The van der Waals surface area contributed by atoms with Crippen LogP contribution in [-0.4, -0.2) is 26.5 Å². The van der Waals surface area contributed by atoms with Crippen molar-refractivity contribution in [3.05, 3.63) is 30.3 Å². The van der Waals surface area contributed by atoms with Crippen LogP contribution in [0.15, 0.2) is 30.3 Å². The molecule has 1 aromatic carbocycles. The number of rotatable bonds is 2. The van der Waals surface area contributed by atoms with Gasteiger partial charge in [0.25, 0.3) is 11.8 Å². The van der Waals surface area contributed by atoms with E-state index in [0.717, 1.165) is 12.1 Å². The molecule has 6 atom stereocenters. The number of carbonyl (C=O) groups excluding carboxylic acids is 2. The predicted molar refractivity (Wildman–Crippen MR) is 85.9 cm³/mol. The maximum absolute atomic E-state index is 12.7. The number of anilines is 1. The summed E-state index contributed by atoms with van der Waals surface area (Å²) in [7, 11) is 0. The molecule has 1 aliphatic heterocycles. The standard InChI is InChI=1S/C15H14Br2N2O2/c16-12-8-6-9(13(12)17)11-10(8)14(20)19(15(11)21)18-7-4-2-1-3-5-7/h1-5,8-13,18H,6H2/t8-,9+,10+,11-,12+,13-. The molecule has 4 nitrogen and oxygen atoms in total. The highest BCUT2D eigenvalue weighted by molar-refractivity contribution is 9.12. The number of para-hydroxylation sites is 1. The van der Waals surface area contributed by atoms with Gasteiger partial charge >= 0.3 is 0 Å². The van der Waals surface area contributed by atoms with E-state index in [9.17, 15) is 9.59 Å². The first-order valence-electron chi connectivity index (χ1n) is 7.07. The number of imide groups is 1. The van der Waals surface area contributed by atoms with E-state index in [0.29, 0.717) is 0 Å². The highest BCUT2D eigenvalue weighted by Gasteiger charge is 2.66. The number of hydrazine groups is 1. The summed E-state index contributed by atoms with van der Waals surface area (Å²) in [6.07, 6.45) is 0.956. The minimum absolute atomic E-state index is 0.0785. The minimum Gasteiger partial charge on any atom is -0.289 e. The van der Waals surface area contributed by atoms with Crippen molar-refractivity contribution in [1.82, 2.24) is 5.01 Å². The molecule has 0 radical (unpaired) electrons. The topological polar surface area (TPSA) is 49.4 Å². The summed E-state index contributed by atoms with van der Waals surface area (Å²) in [5, 5.41) is 1.23. The van der Waals surface area contributed by atoms with E-state index in [1.54, 1.807) is 0 Å². The van der Waals surface area contributed by atoms with Gasteiger partial charge in [-0.1, -0.05) is 50.1 Å². The summed E-state index contributed by atoms with van der Waals surface area (Å²) < 4.78 is 0. The van der Waals surface area contributed by atoms with Gasteiger partial charge < -0.3 is 0 Å². The summed E-state index contributed by atoms with van der Waals surface area (Å²) >= 11 is 7.36. The fourth-order valence-corrected chi connectivity index (χ4v) is 5.97. The Morgan fingerprint density at radius 3 is 2.00 bits per heavy atom. The Morgan fingerprint density at radius 2 is 1.48 bits per heavy atom. The SMILES string of the molecule is O=C1[C@@H]2[C@@H]3C[C@@H]([C@H](Br)[C@@H]3Br)[C@@H]2C(=O)N1Nc1ccccc1. The van der Waals surface area contributed by atoms with Crippen molar-refractivity contribution in [1.29, 1.82) is 0 Å². The van der Waals surface area contributed by atoms with Crippen LogP contribution in [0.1, 0.15) is 6.42 Å². The van der Waals surface area contributed by atoms with E-state index in [4.69, 9.17) is 0 Å². The molecule has 1 aromatic rings. The third-order valence-corrected chi connectivity index (χ3v) is 8.21. The van der Waals surface area contributed by atoms with Crippen molar-refractivity contribution in [3.63, 3.8) is 0 Å². The molecule has 2 aliphatic carbocycles. The van der Waals surface area contributed by atoms with Crippen LogP contribution in [0, 0.1) is 23.7 Å². The summed E-state index contributed by atoms with van der Waals surface area (Å²) in [6, 6.07) is 9.36. The molecular formula is C15H14Br2N2O2. The number of carbonyl (C=O) groups is 2. The highest BCUT2D eigenvalue weighted by atomic mass is 79.9. The van der Waals surface area contributed by atoms with Crippen molar-refractivity contribution in [3.8, 4) is 0 Å². The lowest BCUT2D eigenvalue weighted by molar-refractivity contribution is -0.139. The monoisotopic (exact) mass is 412 g/mol. The Balaban J connectivity index is 1.62. The molecule has 3 aliphatic rings. The average Bonchev–Trinajstić information content (AvgIpc) is 3.09. The number of alkyl halides is 2. The molecule has 6 heteroatoms. The third-order valence-electron chi connectivity index (χ3n) is 5.00. The van der Waals surface area contributed by atoms with Gasteiger partial charge in [0.1, 0.15) is 0 Å². The number of nitrogens with zero attached hydrogens (tertiary/aromatic N) is 1. The summed E-state index contributed by atoms with van der Waals surface area (Å²) in [5.74, 6) is 0.0102. The van der Waals surface area contributed by atoms with E-state index >= 15 is 0 Å². The number of amides is 2. The van der Waals surface area contributed by atoms with Crippen molar-refractivity contribution >= 4 is 49.4 Å². The van der Waals surface area contributed by atoms with E-state index in [-0.39, 0.29) is 45.1 Å². The van der Waals surface area contributed by atoms with Gasteiger partial charge in [-0.15, -0.1) is 0 Å². The fourth-order valence-electron chi connectivity index (χ4n) is 4.10. The number of benzene rings is 1. The smallest absolute Gasteiger partial charge is 0.252 e. The lowest BCUT2D eigenvalue weighted by Gasteiger charge is -2.28. The molecule has 1 N–H and O–H groups in total. The van der Waals surface area contributed by atoms with Crippen LogP contribution in [0.3, 0.4) is 0 Å². The van der Waals surface area contributed by atoms with Gasteiger partial charge in [-0.25, -0.2) is 0 Å². The molecule has 1 heterocycles. The first-order valence-corrected chi connectivity index (χ1v) is 8.90. The molecule has 1 saturated heterocycles. The number of nitrogens with one attached hydrogen (secondary N) is 1. The quantitative estimate of drug-likeness (QED) is 0.599. The van der Waals surface area contributed by atoms with Crippen molar-refractivity contribution in [2.45, 2.75) is 16.1 Å². The second-order valence-corrected chi connectivity index (χ2v) is 8.11. The number of hydrogen-bond donors (Lipinski definition) is 1. The second kappa shape index (κ2) is 4.81. The van der Waals surface area contributed by atoms with Crippen LogP contribution < -0.4 is 5.43 Å². The Labute approximate surface area is 139 Å². The molecule has 4 rings (SSSR count). The molecule has 0 aromatic heterocycles. The van der Waals surface area contributed by atoms with E-state index in [1.807, 2.05) is 30.3 Å². The van der Waals surface area contributed by atoms with Crippen molar-refractivity contribution in [2.75, 3.05) is 5.43 Å². The van der Waals surface area contributed by atoms with Gasteiger partial charge in [0, 0.05) is 9.65 Å². The van der Waals surface area contributed by atoms with Gasteiger partial charge in [0.15, 0.2) is 0 Å². The Morgan fingerprint density at radius 1 is 0.952 bits per heavy atom. The van der Waals surface area contributed by atoms with Crippen LogP contribution in [0.4, 0.5) is 5.69 Å². The highest BCUT2D eigenvalue weighted by Crippen LogP contribution is 2.60. The van der Waals surface area contributed by atoms with Gasteiger partial charge in [0.2, 0.25) is 0 Å². The zero-order valence-electron chi connectivity index (χ0n) is 11.1. The number of hydrogen-bond acceptors (Lipinski definition) is 3. The van der Waals surface area contributed by atoms with Crippen LogP contribution in [-0.2, 0) is 9.59 Å². The number of halogens is 2. The minimum atomic E-state index is -0.170. The molecule has 2 amide bonds. The Kier molecular flexibility index (Phi) is 3.15. The van der Waals surface area contributed by atoms with Gasteiger partial charge in [-0.3, -0.25) is 15.0 Å². The van der Waals surface area contributed by atoms with E-state index in [1.165, 1.54) is 5.01 Å². The average molecular weight is 414 g/mol. The normalized spacial score (nSPS) is 40.8. The van der Waals surface area contributed by atoms with Crippen LogP contribution >= 0.6 is 31.9 Å². The maximum Gasteiger partial charge on any atom is 0.252 e. The van der Waals surface area contributed by atoms with Crippen LogP contribution in [0.5, 0.6) is 0 Å². The zero-order valence-corrected chi connectivity index (χ0v) is 14.2. The summed E-state index contributed by atoms with van der Waals surface area (Å²) in [4.78, 5) is 25.9. The second-order valence-electron chi connectivity index (χ2n) is 5.99. The summed E-state index contributed by atoms with van der Waals surface area (Å²) in [6.45, 7) is 0. The maximum atomic E-state index is 12.7. The van der Waals surface area contributed by atoms with Gasteiger partial charge in [-0.05, 0) is 30.4 Å². The van der Waals surface area contributed by atoms with Gasteiger partial charge in [0.05, 0.1) is 17.5 Å². The molecule has 2 saturated carbocycles. The molecule has 0 spiro atoms. The van der Waals surface area contributed by atoms with Crippen molar-refractivity contribution < 1.29 is 9.59 Å². The van der Waals surface area contributed by atoms with Crippen LogP contribution in [0.25, 0.3) is 0 Å². The first-order chi connectivity index (χ1) is 10.1. The largest absolute Gasteiger partial charge is 0.289 e. The molecule has 0 unspecified atom stereocenters. The zero-order chi connectivity index (χ0) is 14.7. The molecule has 2 bridgehead atoms. The third kappa shape index (κ3) is 1.84. The van der Waals surface area contributed by atoms with E-state index in [2.05, 4.69) is 37.3 Å². The lowest BCUT2D eigenvalue weighted by Crippen LogP contribution is -2.38. The summed E-state index contributed by atoms with van der Waals surface area (Å²) in [5.41, 5.74) is 3.73. The molecule has 3 fully saturated rings. The number of fused-ring (bicyclic) bond motifs is 5. The van der Waals surface area contributed by atoms with E-state index < -0.39 is 0 Å². The predicted octanol–water partition coefficient (Wildman–Crippen LogP) is 2.79. The molecule has 21 heavy (non-hydrogen) atoms. The van der Waals surface area contributed by atoms with Gasteiger partial charge in [-0.2, -0.15) is 5.01 Å². The van der Waals surface area contributed by atoms with Crippen LogP contribution in [0.2, 0.25) is 0 Å². The Hall–Kier alpha value is -0.880. The van der Waals surface area contributed by atoms with Crippen molar-refractivity contribution in [2.24, 2.45) is 23.7 Å². The first kappa shape index (κ1) is 13.8. The molecular weight excluding hydrogens is 400 g/mol. The Bertz CT molecular complexity index is 577. The lowest BCUT2D eigenvalue weighted by atomic mass is 9.81. The molecule has 110 valence electrons. The fraction of sp³-hybridized carbons (Fsp3) is 0.467.